The maximum absolute atomic E-state index is 13.9. The van der Waals surface area contributed by atoms with Crippen LogP contribution in [-0.4, -0.2) is 20.5 Å². The Balaban J connectivity index is 2.60. The third-order valence-electron chi connectivity index (χ3n) is 3.06. The fourth-order valence-electron chi connectivity index (χ4n) is 1.93. The molecule has 2 aromatic carbocycles. The van der Waals surface area contributed by atoms with E-state index in [0.29, 0.717) is 6.07 Å². The van der Waals surface area contributed by atoms with E-state index < -0.39 is 60.3 Å². The van der Waals surface area contributed by atoms with E-state index >= 15 is 0 Å². The van der Waals surface area contributed by atoms with Crippen LogP contribution < -0.4 is 9.46 Å². The number of nitro benzene ring substituents is 1. The van der Waals surface area contributed by atoms with Gasteiger partial charge in [-0.2, -0.15) is 8.78 Å². The highest BCUT2D eigenvalue weighted by atomic mass is 32.2. The molecule has 2 aromatic rings. The van der Waals surface area contributed by atoms with Crippen LogP contribution in [0.1, 0.15) is 0 Å². The number of nitrogens with zero attached hydrogens (tertiary/aromatic N) is 1. The number of methoxy groups -OCH3 is 1. The number of sulfonamides is 1. The minimum Gasteiger partial charge on any atom is -0.494 e. The van der Waals surface area contributed by atoms with Gasteiger partial charge in [-0.05, 0) is 12.1 Å². The third-order valence-corrected chi connectivity index (χ3v) is 4.46. The molecule has 0 atom stereocenters. The topological polar surface area (TPSA) is 98.5 Å². The number of nitrogens with one attached hydrogen (secondary N) is 1. The van der Waals surface area contributed by atoms with Crippen molar-refractivity contribution in [1.82, 2.24) is 0 Å². The highest BCUT2D eigenvalue weighted by molar-refractivity contribution is 7.92. The Hall–Kier alpha value is -2.96. The van der Waals surface area contributed by atoms with Crippen LogP contribution in [-0.2, 0) is 10.0 Å². The van der Waals surface area contributed by atoms with Crippen LogP contribution >= 0.6 is 0 Å². The molecule has 1 N–H and O–H groups in total. The van der Waals surface area contributed by atoms with E-state index in [1.165, 1.54) is 4.72 Å². The maximum atomic E-state index is 13.9. The summed E-state index contributed by atoms with van der Waals surface area (Å²) in [6.07, 6.45) is 0. The van der Waals surface area contributed by atoms with Gasteiger partial charge in [0, 0.05) is 6.07 Å². The van der Waals surface area contributed by atoms with Crippen molar-refractivity contribution in [2.24, 2.45) is 0 Å². The molecule has 0 saturated heterocycles. The molecular formula is C13H7F5N2O5S. The zero-order valence-electron chi connectivity index (χ0n) is 12.5. The number of benzene rings is 2. The Morgan fingerprint density at radius 2 is 1.58 bits per heavy atom. The second kappa shape index (κ2) is 6.74. The first-order chi connectivity index (χ1) is 12.0. The first kappa shape index (κ1) is 19.4. The van der Waals surface area contributed by atoms with Crippen molar-refractivity contribution in [3.05, 3.63) is 57.4 Å². The molecule has 0 aliphatic carbocycles. The van der Waals surface area contributed by atoms with Crippen LogP contribution in [0.4, 0.5) is 33.3 Å². The molecule has 2 rings (SSSR count). The van der Waals surface area contributed by atoms with Crippen LogP contribution in [0.15, 0.2) is 23.1 Å². The van der Waals surface area contributed by atoms with Crippen molar-refractivity contribution >= 4 is 21.4 Å². The molecule has 0 amide bonds. The second-order valence-corrected chi connectivity index (χ2v) is 6.26. The average molecular weight is 398 g/mol. The van der Waals surface area contributed by atoms with Gasteiger partial charge in [0.2, 0.25) is 11.6 Å². The summed E-state index contributed by atoms with van der Waals surface area (Å²) in [6.45, 7) is 0. The smallest absolute Gasteiger partial charge is 0.346 e. The van der Waals surface area contributed by atoms with Gasteiger partial charge in [0.1, 0.15) is 0 Å². The zero-order valence-corrected chi connectivity index (χ0v) is 13.3. The van der Waals surface area contributed by atoms with Crippen LogP contribution in [0.2, 0.25) is 0 Å². The molecular weight excluding hydrogens is 391 g/mol. The van der Waals surface area contributed by atoms with Gasteiger partial charge in [0.05, 0.1) is 17.7 Å². The molecule has 0 radical (unpaired) electrons. The van der Waals surface area contributed by atoms with Crippen LogP contribution in [0, 0.1) is 39.2 Å². The van der Waals surface area contributed by atoms with E-state index in [-0.39, 0.29) is 5.75 Å². The van der Waals surface area contributed by atoms with Crippen molar-refractivity contribution in [3.63, 3.8) is 0 Å². The molecule has 7 nitrogen and oxygen atoms in total. The number of ether oxygens (including phenoxy) is 1. The molecule has 0 spiro atoms. The Kier molecular flexibility index (Phi) is 5.02. The Morgan fingerprint density at radius 3 is 2.00 bits per heavy atom. The number of nitro groups is 1. The molecule has 0 fully saturated rings. The molecule has 0 heterocycles. The Morgan fingerprint density at radius 1 is 1.04 bits per heavy atom. The summed E-state index contributed by atoms with van der Waals surface area (Å²) in [5.74, 6) is -11.3. The predicted octanol–water partition coefficient (Wildman–Crippen LogP) is 3.10. The molecule has 140 valence electrons. The fourth-order valence-corrected chi connectivity index (χ4v) is 3.12. The molecule has 13 heteroatoms. The molecule has 0 aliphatic rings. The number of hydrogen-bond acceptors (Lipinski definition) is 5. The van der Waals surface area contributed by atoms with Crippen molar-refractivity contribution in [3.8, 4) is 5.75 Å². The van der Waals surface area contributed by atoms with Crippen molar-refractivity contribution < 1.29 is 40.0 Å². The summed E-state index contributed by atoms with van der Waals surface area (Å²) in [7, 11) is -4.19. The lowest BCUT2D eigenvalue weighted by Gasteiger charge is -2.12. The quantitative estimate of drug-likeness (QED) is 0.361. The van der Waals surface area contributed by atoms with Crippen LogP contribution in [0.5, 0.6) is 5.75 Å². The highest BCUT2D eigenvalue weighted by Crippen LogP contribution is 2.33. The van der Waals surface area contributed by atoms with E-state index in [2.05, 4.69) is 4.74 Å². The summed E-state index contributed by atoms with van der Waals surface area (Å²) in [5, 5.41) is 10.5. The largest absolute Gasteiger partial charge is 0.494 e. The summed E-state index contributed by atoms with van der Waals surface area (Å²) < 4.78 is 98.6. The normalized spacial score (nSPS) is 11.3. The predicted molar refractivity (Wildman–Crippen MR) is 76.7 cm³/mol. The maximum Gasteiger partial charge on any atom is 0.346 e. The molecule has 26 heavy (non-hydrogen) atoms. The summed E-state index contributed by atoms with van der Waals surface area (Å²) in [4.78, 5) is 6.59. The molecule has 0 saturated carbocycles. The zero-order chi connectivity index (χ0) is 19.8. The summed E-state index contributed by atoms with van der Waals surface area (Å²) >= 11 is 0. The average Bonchev–Trinajstić information content (AvgIpc) is 2.52. The van der Waals surface area contributed by atoms with E-state index in [4.69, 9.17) is 0 Å². The number of anilines is 1. The first-order valence-corrected chi connectivity index (χ1v) is 7.86. The SMILES string of the molecule is COc1ccc(NS(=O)(=O)c2c(F)c(F)c([N+](=O)[O-])c(F)c2F)cc1F. The Bertz CT molecular complexity index is 983. The third kappa shape index (κ3) is 3.24. The number of rotatable bonds is 5. The van der Waals surface area contributed by atoms with Gasteiger partial charge >= 0.3 is 5.69 Å². The van der Waals surface area contributed by atoms with Gasteiger partial charge in [0.25, 0.3) is 10.0 Å². The van der Waals surface area contributed by atoms with E-state index in [1.807, 2.05) is 0 Å². The number of hydrogen-bond donors (Lipinski definition) is 1. The first-order valence-electron chi connectivity index (χ1n) is 6.38. The highest BCUT2D eigenvalue weighted by Gasteiger charge is 2.38. The second-order valence-electron chi connectivity index (χ2n) is 4.65. The molecule has 0 bridgehead atoms. The van der Waals surface area contributed by atoms with Crippen LogP contribution in [0.25, 0.3) is 0 Å². The standard InChI is InChI=1S/C13H7F5N2O5S/c1-25-7-3-2-5(4-6(7)14)19-26(23,24)13-10(17)8(15)12(20(21)22)9(16)11(13)18/h2-4,19H,1H3. The summed E-state index contributed by atoms with van der Waals surface area (Å²) in [5.41, 5.74) is -2.74. The van der Waals surface area contributed by atoms with Gasteiger partial charge < -0.3 is 4.74 Å². The van der Waals surface area contributed by atoms with E-state index in [0.717, 1.165) is 19.2 Å². The van der Waals surface area contributed by atoms with E-state index in [9.17, 15) is 40.5 Å². The van der Waals surface area contributed by atoms with Gasteiger partial charge in [-0.25, -0.2) is 21.6 Å². The van der Waals surface area contributed by atoms with Crippen molar-refractivity contribution in [2.75, 3.05) is 11.8 Å². The summed E-state index contributed by atoms with van der Waals surface area (Å²) in [6, 6.07) is 2.48. The monoisotopic (exact) mass is 398 g/mol. The lowest BCUT2D eigenvalue weighted by molar-refractivity contribution is -0.390. The lowest BCUT2D eigenvalue weighted by Crippen LogP contribution is -2.19. The van der Waals surface area contributed by atoms with Crippen molar-refractivity contribution in [1.29, 1.82) is 0 Å². The molecule has 0 unspecified atom stereocenters. The fraction of sp³-hybridized carbons (Fsp3) is 0.0769. The molecule has 0 aliphatic heterocycles. The van der Waals surface area contributed by atoms with Gasteiger partial charge in [-0.3, -0.25) is 14.8 Å². The van der Waals surface area contributed by atoms with Crippen LogP contribution in [0.3, 0.4) is 0 Å². The van der Waals surface area contributed by atoms with Gasteiger partial charge in [-0.1, -0.05) is 0 Å². The van der Waals surface area contributed by atoms with Gasteiger partial charge in [0.15, 0.2) is 28.1 Å². The van der Waals surface area contributed by atoms with Crippen molar-refractivity contribution in [2.45, 2.75) is 4.90 Å². The van der Waals surface area contributed by atoms with Gasteiger partial charge in [-0.15, -0.1) is 0 Å². The lowest BCUT2D eigenvalue weighted by atomic mass is 10.2. The Labute approximate surface area is 142 Å². The minimum absolute atomic E-state index is 0.280. The van der Waals surface area contributed by atoms with E-state index in [1.54, 1.807) is 0 Å². The number of halogens is 5. The minimum atomic E-state index is -5.31. The molecule has 0 aromatic heterocycles.